The van der Waals surface area contributed by atoms with E-state index in [-0.39, 0.29) is 5.91 Å². The van der Waals surface area contributed by atoms with E-state index in [0.717, 1.165) is 36.1 Å². The number of hydrogen-bond donors (Lipinski definition) is 0. The minimum absolute atomic E-state index is 0.0265. The van der Waals surface area contributed by atoms with E-state index in [1.165, 1.54) is 0 Å². The van der Waals surface area contributed by atoms with Crippen molar-refractivity contribution in [3.63, 3.8) is 0 Å². The van der Waals surface area contributed by atoms with Crippen LogP contribution in [0, 0.1) is 0 Å². The van der Waals surface area contributed by atoms with Crippen molar-refractivity contribution in [2.75, 3.05) is 13.1 Å². The second kappa shape index (κ2) is 6.52. The third-order valence-corrected chi connectivity index (χ3v) is 4.26. The van der Waals surface area contributed by atoms with E-state index in [2.05, 4.69) is 21.0 Å². The Morgan fingerprint density at radius 2 is 1.95 bits per heavy atom. The molecule has 6 heteroatoms. The molecule has 1 unspecified atom stereocenters. The minimum atomic E-state index is -0.534. The molecule has 1 fully saturated rings. The first-order valence-corrected chi connectivity index (χ1v) is 8.20. The van der Waals surface area contributed by atoms with Gasteiger partial charge in [0.25, 0.3) is 5.91 Å². The predicted molar refractivity (Wildman–Crippen MR) is 87.2 cm³/mol. The van der Waals surface area contributed by atoms with Crippen molar-refractivity contribution < 1.29 is 9.53 Å². The Bertz CT molecular complexity index is 651. The largest absolute Gasteiger partial charge is 0.463 e. The number of ether oxygens (including phenoxy) is 1. The maximum Gasteiger partial charge on any atom is 0.263 e. The molecule has 0 saturated carbocycles. The summed E-state index contributed by atoms with van der Waals surface area (Å²) in [6.45, 7) is 3.42. The van der Waals surface area contributed by atoms with Gasteiger partial charge in [-0.2, -0.15) is 0 Å². The molecule has 5 nitrogen and oxygen atoms in total. The molecule has 1 amide bonds. The van der Waals surface area contributed by atoms with Crippen molar-refractivity contribution in [3.8, 4) is 11.6 Å². The second-order valence-corrected chi connectivity index (χ2v) is 6.21. The Hall–Kier alpha value is -1.82. The average Bonchev–Trinajstić information content (AvgIpc) is 3.18. The minimum Gasteiger partial charge on any atom is -0.463 e. The molecule has 1 aliphatic heterocycles. The van der Waals surface area contributed by atoms with Gasteiger partial charge >= 0.3 is 0 Å². The first kappa shape index (κ1) is 15.1. The number of aromatic nitrogens is 2. The van der Waals surface area contributed by atoms with E-state index < -0.39 is 6.10 Å². The van der Waals surface area contributed by atoms with Gasteiger partial charge in [0.05, 0.1) is 10.2 Å². The number of rotatable bonds is 4. The third kappa shape index (κ3) is 3.16. The Morgan fingerprint density at radius 3 is 2.64 bits per heavy atom. The van der Waals surface area contributed by atoms with Gasteiger partial charge in [0, 0.05) is 19.3 Å². The van der Waals surface area contributed by atoms with Crippen molar-refractivity contribution in [2.24, 2.45) is 0 Å². The standard InChI is InChI=1S/C16H18BrN3O2/c1-12(16(21)19-9-5-6-10-19)22-15-14(17)11-20(18-15)13-7-3-2-4-8-13/h2-4,7-8,11-12H,5-6,9-10H2,1H3. The van der Waals surface area contributed by atoms with E-state index >= 15 is 0 Å². The molecular weight excluding hydrogens is 346 g/mol. The van der Waals surface area contributed by atoms with Crippen LogP contribution in [0.1, 0.15) is 19.8 Å². The van der Waals surface area contributed by atoms with E-state index in [1.807, 2.05) is 41.4 Å². The van der Waals surface area contributed by atoms with Crippen molar-refractivity contribution in [2.45, 2.75) is 25.9 Å². The maximum absolute atomic E-state index is 12.3. The summed E-state index contributed by atoms with van der Waals surface area (Å²) in [5.74, 6) is 0.461. The molecule has 0 spiro atoms. The molecule has 0 radical (unpaired) electrons. The summed E-state index contributed by atoms with van der Waals surface area (Å²) in [4.78, 5) is 14.1. The second-order valence-electron chi connectivity index (χ2n) is 5.35. The summed E-state index contributed by atoms with van der Waals surface area (Å²) in [6, 6.07) is 9.77. The molecule has 0 aliphatic carbocycles. The van der Waals surface area contributed by atoms with Gasteiger partial charge in [0.2, 0.25) is 5.88 Å². The number of hydrogen-bond acceptors (Lipinski definition) is 3. The van der Waals surface area contributed by atoms with Crippen LogP contribution in [0.4, 0.5) is 0 Å². The molecule has 1 atom stereocenters. The number of nitrogens with zero attached hydrogens (tertiary/aromatic N) is 3. The zero-order chi connectivity index (χ0) is 15.5. The van der Waals surface area contributed by atoms with Crippen LogP contribution in [0.5, 0.6) is 5.88 Å². The number of likely N-dealkylation sites (tertiary alicyclic amines) is 1. The summed E-state index contributed by atoms with van der Waals surface area (Å²) in [5.41, 5.74) is 0.941. The molecule has 1 saturated heterocycles. The highest BCUT2D eigenvalue weighted by molar-refractivity contribution is 9.10. The van der Waals surface area contributed by atoms with Gasteiger partial charge in [-0.1, -0.05) is 18.2 Å². The summed E-state index contributed by atoms with van der Waals surface area (Å²) in [7, 11) is 0. The summed E-state index contributed by atoms with van der Waals surface area (Å²) < 4.78 is 8.21. The quantitative estimate of drug-likeness (QED) is 0.838. The molecule has 3 rings (SSSR count). The van der Waals surface area contributed by atoms with E-state index in [9.17, 15) is 4.79 Å². The lowest BCUT2D eigenvalue weighted by molar-refractivity contribution is -0.136. The van der Waals surface area contributed by atoms with Gasteiger partial charge in [-0.25, -0.2) is 4.68 Å². The summed E-state index contributed by atoms with van der Waals surface area (Å²) in [5, 5.41) is 4.41. The third-order valence-electron chi connectivity index (χ3n) is 3.71. The molecule has 2 heterocycles. The molecule has 2 aromatic rings. The molecule has 116 valence electrons. The smallest absolute Gasteiger partial charge is 0.263 e. The molecule has 1 aliphatic rings. The van der Waals surface area contributed by atoms with Crippen LogP contribution >= 0.6 is 15.9 Å². The lowest BCUT2D eigenvalue weighted by Crippen LogP contribution is -2.38. The van der Waals surface area contributed by atoms with Gasteiger partial charge in [0.15, 0.2) is 6.10 Å². The summed E-state index contributed by atoms with van der Waals surface area (Å²) >= 11 is 3.44. The number of benzene rings is 1. The average molecular weight is 364 g/mol. The highest BCUT2D eigenvalue weighted by Crippen LogP contribution is 2.26. The molecule has 1 aromatic heterocycles. The fourth-order valence-corrected chi connectivity index (χ4v) is 2.91. The summed E-state index contributed by atoms with van der Waals surface area (Å²) in [6.07, 6.45) is 3.45. The van der Waals surface area contributed by atoms with Gasteiger partial charge in [-0.3, -0.25) is 4.79 Å². The Balaban J connectivity index is 1.72. The molecule has 0 bridgehead atoms. The van der Waals surface area contributed by atoms with Crippen molar-refractivity contribution in [1.29, 1.82) is 0 Å². The fraction of sp³-hybridized carbons (Fsp3) is 0.375. The number of halogens is 1. The maximum atomic E-state index is 12.3. The van der Waals surface area contributed by atoms with Crippen molar-refractivity contribution in [3.05, 3.63) is 41.0 Å². The Labute approximate surface area is 138 Å². The number of amides is 1. The monoisotopic (exact) mass is 363 g/mol. The van der Waals surface area contributed by atoms with E-state index in [1.54, 1.807) is 11.6 Å². The van der Waals surface area contributed by atoms with Crippen LogP contribution in [-0.2, 0) is 4.79 Å². The molecular formula is C16H18BrN3O2. The zero-order valence-corrected chi connectivity index (χ0v) is 14.0. The van der Waals surface area contributed by atoms with Crippen molar-refractivity contribution in [1.82, 2.24) is 14.7 Å². The highest BCUT2D eigenvalue weighted by atomic mass is 79.9. The Morgan fingerprint density at radius 1 is 1.27 bits per heavy atom. The zero-order valence-electron chi connectivity index (χ0n) is 12.4. The topological polar surface area (TPSA) is 47.4 Å². The lowest BCUT2D eigenvalue weighted by atomic mass is 10.3. The molecule has 22 heavy (non-hydrogen) atoms. The highest BCUT2D eigenvalue weighted by Gasteiger charge is 2.25. The van der Waals surface area contributed by atoms with Crippen LogP contribution in [0.25, 0.3) is 5.69 Å². The SMILES string of the molecule is CC(Oc1nn(-c2ccccc2)cc1Br)C(=O)N1CCCC1. The van der Waals surface area contributed by atoms with Crippen LogP contribution in [0.15, 0.2) is 41.0 Å². The van der Waals surface area contributed by atoms with E-state index in [0.29, 0.717) is 5.88 Å². The fourth-order valence-electron chi connectivity index (χ4n) is 2.54. The van der Waals surface area contributed by atoms with Gasteiger partial charge in [-0.15, -0.1) is 5.10 Å². The van der Waals surface area contributed by atoms with Crippen LogP contribution in [0.2, 0.25) is 0 Å². The van der Waals surface area contributed by atoms with Gasteiger partial charge in [0.1, 0.15) is 0 Å². The predicted octanol–water partition coefficient (Wildman–Crippen LogP) is 3.02. The van der Waals surface area contributed by atoms with Crippen molar-refractivity contribution >= 4 is 21.8 Å². The first-order chi connectivity index (χ1) is 10.6. The normalized spacial score (nSPS) is 15.8. The van der Waals surface area contributed by atoms with Crippen LogP contribution in [0.3, 0.4) is 0 Å². The number of para-hydroxylation sites is 1. The Kier molecular flexibility index (Phi) is 4.47. The lowest BCUT2D eigenvalue weighted by Gasteiger charge is -2.20. The van der Waals surface area contributed by atoms with E-state index in [4.69, 9.17) is 4.74 Å². The number of carbonyl (C=O) groups is 1. The molecule has 1 aromatic carbocycles. The van der Waals surface area contributed by atoms with Gasteiger partial charge < -0.3 is 9.64 Å². The first-order valence-electron chi connectivity index (χ1n) is 7.41. The van der Waals surface area contributed by atoms with Crippen LogP contribution < -0.4 is 4.74 Å². The van der Waals surface area contributed by atoms with Crippen LogP contribution in [-0.4, -0.2) is 39.8 Å². The van der Waals surface area contributed by atoms with Gasteiger partial charge in [-0.05, 0) is 47.8 Å². The molecule has 0 N–H and O–H groups in total. The number of carbonyl (C=O) groups excluding carboxylic acids is 1.